The molecule has 0 atom stereocenters. The summed E-state index contributed by atoms with van der Waals surface area (Å²) in [6.07, 6.45) is 4.73. The Hall–Kier alpha value is -2.76. The van der Waals surface area contributed by atoms with Crippen LogP contribution in [0, 0.1) is 0 Å². The third-order valence-electron chi connectivity index (χ3n) is 7.83. The summed E-state index contributed by atoms with van der Waals surface area (Å²) in [5.41, 5.74) is 3.33. The molecule has 0 spiro atoms. The standard InChI is InChI=1S/C27H37N7O3S/c1-4-36-26(35)34-13-11-32(12-14-34)10-7-28-23-22-21(29-17-30-23)20-18-15-27(2,3)37-16-19(18)24(31-25(20)38-22)33-8-5-6-9-33/h17H,4-16H2,1-3H3,(H,28,29,30). The molecule has 1 N–H and O–H groups in total. The van der Waals surface area contributed by atoms with Crippen LogP contribution in [0.5, 0.6) is 0 Å². The average Bonchev–Trinajstić information content (AvgIpc) is 3.57. The lowest BCUT2D eigenvalue weighted by atomic mass is 9.90. The molecule has 0 aliphatic carbocycles. The maximum absolute atomic E-state index is 12.0. The second-order valence-electron chi connectivity index (χ2n) is 10.9. The number of aromatic nitrogens is 3. The van der Waals surface area contributed by atoms with E-state index in [1.165, 1.54) is 29.4 Å². The van der Waals surface area contributed by atoms with E-state index in [-0.39, 0.29) is 11.7 Å². The van der Waals surface area contributed by atoms with Gasteiger partial charge in [-0.15, -0.1) is 11.3 Å². The number of nitrogens with zero attached hydrogens (tertiary/aromatic N) is 6. The number of pyridine rings is 1. The van der Waals surface area contributed by atoms with Crippen molar-refractivity contribution in [2.45, 2.75) is 52.2 Å². The third-order valence-corrected chi connectivity index (χ3v) is 8.91. The average molecular weight is 540 g/mol. The Morgan fingerprint density at radius 1 is 1.13 bits per heavy atom. The number of rotatable bonds is 6. The Labute approximate surface area is 227 Å². The molecule has 2 saturated heterocycles. The van der Waals surface area contributed by atoms with Crippen LogP contribution in [0.1, 0.15) is 44.7 Å². The van der Waals surface area contributed by atoms with Gasteiger partial charge in [0.1, 0.15) is 22.8 Å². The first-order chi connectivity index (χ1) is 18.4. The Morgan fingerprint density at radius 3 is 2.68 bits per heavy atom. The molecule has 6 rings (SSSR count). The fourth-order valence-corrected chi connectivity index (χ4v) is 6.93. The zero-order chi connectivity index (χ0) is 26.3. The molecule has 0 radical (unpaired) electrons. The summed E-state index contributed by atoms with van der Waals surface area (Å²) in [6, 6.07) is 0. The number of amides is 1. The Morgan fingerprint density at radius 2 is 1.92 bits per heavy atom. The van der Waals surface area contributed by atoms with Crippen molar-refractivity contribution >= 4 is 49.5 Å². The van der Waals surface area contributed by atoms with Crippen molar-refractivity contribution in [3.05, 3.63) is 17.5 Å². The molecule has 6 heterocycles. The number of fused-ring (bicyclic) bond motifs is 5. The molecule has 0 aromatic carbocycles. The van der Waals surface area contributed by atoms with Crippen molar-refractivity contribution < 1.29 is 14.3 Å². The molecule has 2 fully saturated rings. The van der Waals surface area contributed by atoms with Crippen molar-refractivity contribution in [2.24, 2.45) is 0 Å². The number of carbonyl (C=O) groups is 1. The van der Waals surface area contributed by atoms with E-state index >= 15 is 0 Å². The summed E-state index contributed by atoms with van der Waals surface area (Å²) in [7, 11) is 0. The number of anilines is 2. The molecule has 0 bridgehead atoms. The van der Waals surface area contributed by atoms with E-state index in [0.717, 1.165) is 72.4 Å². The maximum Gasteiger partial charge on any atom is 0.409 e. The first kappa shape index (κ1) is 25.5. The van der Waals surface area contributed by atoms with Crippen LogP contribution in [0.2, 0.25) is 0 Å². The third kappa shape index (κ3) is 4.87. The van der Waals surface area contributed by atoms with Gasteiger partial charge in [0.25, 0.3) is 0 Å². The van der Waals surface area contributed by atoms with Crippen LogP contribution in [0.15, 0.2) is 6.33 Å². The highest BCUT2D eigenvalue weighted by Crippen LogP contribution is 2.44. The van der Waals surface area contributed by atoms with Gasteiger partial charge in [-0.2, -0.15) is 0 Å². The van der Waals surface area contributed by atoms with Gasteiger partial charge in [-0.1, -0.05) is 0 Å². The number of carbonyl (C=O) groups excluding carboxylic acids is 1. The van der Waals surface area contributed by atoms with Crippen molar-refractivity contribution in [3.8, 4) is 0 Å². The van der Waals surface area contributed by atoms with E-state index in [4.69, 9.17) is 19.4 Å². The zero-order valence-corrected chi connectivity index (χ0v) is 23.4. The Balaban J connectivity index is 1.24. The van der Waals surface area contributed by atoms with E-state index in [0.29, 0.717) is 26.3 Å². The van der Waals surface area contributed by atoms with Crippen LogP contribution in [0.4, 0.5) is 16.4 Å². The SMILES string of the molecule is CCOC(=O)N1CCN(CCNc2ncnc3c2sc2nc(N4CCCC4)c4c(c23)CC(C)(C)OC4)CC1. The summed E-state index contributed by atoms with van der Waals surface area (Å²) in [5, 5.41) is 4.73. The van der Waals surface area contributed by atoms with E-state index in [2.05, 4.69) is 33.9 Å². The number of ether oxygens (including phenoxy) is 2. The zero-order valence-electron chi connectivity index (χ0n) is 22.6. The van der Waals surface area contributed by atoms with Crippen molar-refractivity contribution in [3.63, 3.8) is 0 Å². The van der Waals surface area contributed by atoms with Crippen LogP contribution in [-0.2, 0) is 22.5 Å². The molecular weight excluding hydrogens is 502 g/mol. The predicted molar refractivity (Wildman–Crippen MR) is 150 cm³/mol. The highest BCUT2D eigenvalue weighted by atomic mass is 32.1. The van der Waals surface area contributed by atoms with Gasteiger partial charge < -0.3 is 24.6 Å². The van der Waals surface area contributed by atoms with Crippen molar-refractivity contribution in [1.29, 1.82) is 0 Å². The normalized spacial score (nSPS) is 19.8. The lowest BCUT2D eigenvalue weighted by Crippen LogP contribution is -2.49. The molecule has 3 aliphatic rings. The van der Waals surface area contributed by atoms with E-state index in [1.54, 1.807) is 22.6 Å². The second-order valence-corrected chi connectivity index (χ2v) is 11.9. The Kier molecular flexibility index (Phi) is 7.00. The molecule has 204 valence electrons. The predicted octanol–water partition coefficient (Wildman–Crippen LogP) is 3.88. The van der Waals surface area contributed by atoms with Crippen molar-refractivity contribution in [2.75, 3.05) is 69.2 Å². The molecule has 38 heavy (non-hydrogen) atoms. The van der Waals surface area contributed by atoms with Gasteiger partial charge in [0.05, 0.1) is 29.0 Å². The highest BCUT2D eigenvalue weighted by Gasteiger charge is 2.33. The molecule has 3 aromatic rings. The molecule has 3 aromatic heterocycles. The van der Waals surface area contributed by atoms with E-state index in [9.17, 15) is 4.79 Å². The fourth-order valence-electron chi connectivity index (χ4n) is 5.81. The van der Waals surface area contributed by atoms with Crippen LogP contribution < -0.4 is 10.2 Å². The van der Waals surface area contributed by atoms with E-state index < -0.39 is 0 Å². The van der Waals surface area contributed by atoms with Gasteiger partial charge >= 0.3 is 6.09 Å². The molecule has 0 saturated carbocycles. The van der Waals surface area contributed by atoms with Gasteiger partial charge in [0, 0.05) is 69.7 Å². The lowest BCUT2D eigenvalue weighted by Gasteiger charge is -2.34. The number of thiophene rings is 1. The van der Waals surface area contributed by atoms with E-state index in [1.807, 2.05) is 6.92 Å². The van der Waals surface area contributed by atoms with Gasteiger partial charge in [0.2, 0.25) is 0 Å². The largest absolute Gasteiger partial charge is 0.450 e. The maximum atomic E-state index is 12.0. The first-order valence-corrected chi connectivity index (χ1v) is 14.6. The number of nitrogens with one attached hydrogen (secondary N) is 1. The van der Waals surface area contributed by atoms with Gasteiger partial charge in [0.15, 0.2) is 0 Å². The molecule has 11 heteroatoms. The van der Waals surface area contributed by atoms with Gasteiger partial charge in [-0.25, -0.2) is 19.7 Å². The summed E-state index contributed by atoms with van der Waals surface area (Å²) < 4.78 is 12.4. The fraction of sp³-hybridized carbons (Fsp3) is 0.630. The van der Waals surface area contributed by atoms with Crippen LogP contribution in [-0.4, -0.2) is 95.4 Å². The number of piperazine rings is 1. The monoisotopic (exact) mass is 539 g/mol. The highest BCUT2D eigenvalue weighted by molar-refractivity contribution is 7.26. The molecular formula is C27H37N7O3S. The van der Waals surface area contributed by atoms with Crippen LogP contribution in [0.3, 0.4) is 0 Å². The second kappa shape index (κ2) is 10.4. The quantitative estimate of drug-likeness (QED) is 0.501. The van der Waals surface area contributed by atoms with Gasteiger partial charge in [-0.3, -0.25) is 4.90 Å². The summed E-state index contributed by atoms with van der Waals surface area (Å²) in [4.78, 5) is 34.2. The minimum atomic E-state index is -0.219. The summed E-state index contributed by atoms with van der Waals surface area (Å²) in [5.74, 6) is 1.96. The first-order valence-electron chi connectivity index (χ1n) is 13.8. The molecule has 10 nitrogen and oxygen atoms in total. The van der Waals surface area contributed by atoms with Crippen molar-refractivity contribution in [1.82, 2.24) is 24.8 Å². The van der Waals surface area contributed by atoms with Crippen LogP contribution in [0.25, 0.3) is 20.4 Å². The summed E-state index contributed by atoms with van der Waals surface area (Å²) in [6.45, 7) is 14.0. The smallest absolute Gasteiger partial charge is 0.409 e. The Bertz CT molecular complexity index is 1330. The lowest BCUT2D eigenvalue weighted by molar-refractivity contribution is -0.0395. The molecule has 0 unspecified atom stereocenters. The number of hydrogen-bond donors (Lipinski definition) is 1. The minimum Gasteiger partial charge on any atom is -0.450 e. The summed E-state index contributed by atoms with van der Waals surface area (Å²) >= 11 is 1.69. The van der Waals surface area contributed by atoms with Gasteiger partial charge in [-0.05, 0) is 39.2 Å². The topological polar surface area (TPSA) is 96.0 Å². The van der Waals surface area contributed by atoms with Crippen LogP contribution >= 0.6 is 11.3 Å². The molecule has 3 aliphatic heterocycles. The number of hydrogen-bond acceptors (Lipinski definition) is 10. The molecule has 1 amide bonds. The minimum absolute atomic E-state index is 0.211.